The fourth-order valence-electron chi connectivity index (χ4n) is 2.66. The van der Waals surface area contributed by atoms with Crippen molar-refractivity contribution in [2.45, 2.75) is 52.4 Å². The Morgan fingerprint density at radius 1 is 0.955 bits per heavy atom. The second kappa shape index (κ2) is 4.70. The molecule has 0 unspecified atom stereocenters. The van der Waals surface area contributed by atoms with Gasteiger partial charge in [-0.3, -0.25) is 0 Å². The molecule has 4 nitrogen and oxygen atoms in total. The summed E-state index contributed by atoms with van der Waals surface area (Å²) in [6, 6.07) is 4.25. The number of nitrogens with one attached hydrogen (secondary N) is 1. The van der Waals surface area contributed by atoms with Gasteiger partial charge in [-0.2, -0.15) is 0 Å². The number of hydrogen-bond donors (Lipinski definition) is 1. The second-order valence-electron chi connectivity index (χ2n) is 7.87. The Hall–Kier alpha value is -2.10. The summed E-state index contributed by atoms with van der Waals surface area (Å²) in [6.07, 6.45) is 3.68. The van der Waals surface area contributed by atoms with Crippen LogP contribution in [0.25, 0.3) is 22.2 Å². The first-order valence-corrected chi connectivity index (χ1v) is 7.61. The van der Waals surface area contributed by atoms with Crippen LogP contribution in [-0.2, 0) is 10.8 Å². The summed E-state index contributed by atoms with van der Waals surface area (Å²) >= 11 is 0. The number of hydrogen-bond acceptors (Lipinski definition) is 3. The predicted molar refractivity (Wildman–Crippen MR) is 89.0 cm³/mol. The van der Waals surface area contributed by atoms with Crippen molar-refractivity contribution >= 4 is 11.0 Å². The maximum Gasteiger partial charge on any atom is 0.176 e. The molecule has 22 heavy (non-hydrogen) atoms. The van der Waals surface area contributed by atoms with Crippen LogP contribution in [0.15, 0.2) is 29.0 Å². The number of aromatic nitrogens is 3. The molecule has 1 aromatic carbocycles. The maximum atomic E-state index is 5.54. The third kappa shape index (κ3) is 2.43. The zero-order valence-electron chi connectivity index (χ0n) is 14.1. The van der Waals surface area contributed by atoms with E-state index in [0.717, 1.165) is 28.1 Å². The van der Waals surface area contributed by atoms with Crippen LogP contribution < -0.4 is 0 Å². The van der Waals surface area contributed by atoms with E-state index in [1.54, 1.807) is 6.20 Å². The third-order valence-electron chi connectivity index (χ3n) is 3.91. The largest absolute Gasteiger partial charge is 0.356 e. The minimum atomic E-state index is -0.00979. The Bertz CT molecular complexity index is 813. The second-order valence-corrected chi connectivity index (χ2v) is 7.87. The summed E-state index contributed by atoms with van der Waals surface area (Å²) in [7, 11) is 0. The average molecular weight is 297 g/mol. The van der Waals surface area contributed by atoms with Crippen molar-refractivity contribution in [2.75, 3.05) is 0 Å². The smallest absolute Gasteiger partial charge is 0.176 e. The molecule has 3 rings (SSSR count). The molecule has 2 aromatic heterocycles. The quantitative estimate of drug-likeness (QED) is 0.701. The summed E-state index contributed by atoms with van der Waals surface area (Å²) in [6.45, 7) is 13.0. The molecule has 0 saturated heterocycles. The first kappa shape index (κ1) is 14.8. The Morgan fingerprint density at radius 3 is 2.27 bits per heavy atom. The Kier molecular flexibility index (Phi) is 3.17. The van der Waals surface area contributed by atoms with Crippen LogP contribution in [-0.4, -0.2) is 15.1 Å². The Morgan fingerprint density at radius 2 is 1.68 bits per heavy atom. The molecule has 4 heteroatoms. The van der Waals surface area contributed by atoms with Crippen molar-refractivity contribution in [2.24, 2.45) is 0 Å². The normalized spacial score (nSPS) is 13.0. The molecule has 0 spiro atoms. The highest BCUT2D eigenvalue weighted by molar-refractivity contribution is 5.93. The van der Waals surface area contributed by atoms with Crippen molar-refractivity contribution in [3.63, 3.8) is 0 Å². The first-order chi connectivity index (χ1) is 10.2. The van der Waals surface area contributed by atoms with Gasteiger partial charge >= 0.3 is 0 Å². The van der Waals surface area contributed by atoms with Crippen molar-refractivity contribution in [3.05, 3.63) is 35.9 Å². The standard InChI is InChI=1S/C18H23N3O/c1-17(2,3)13-8-7-11(15-12(13)9-20-22-15)14-10-19-16(21-14)18(4,5)6/h7-10H,1-6H3,(H,19,21). The Labute approximate surface area is 130 Å². The monoisotopic (exact) mass is 297 g/mol. The predicted octanol–water partition coefficient (Wildman–Crippen LogP) is 4.81. The lowest BCUT2D eigenvalue weighted by Crippen LogP contribution is -2.13. The molecule has 2 heterocycles. The molecule has 0 atom stereocenters. The number of benzene rings is 1. The number of aromatic amines is 1. The van der Waals surface area contributed by atoms with Gasteiger partial charge in [-0.15, -0.1) is 0 Å². The van der Waals surface area contributed by atoms with E-state index in [1.165, 1.54) is 5.56 Å². The van der Waals surface area contributed by atoms with Gasteiger partial charge < -0.3 is 9.51 Å². The SMILES string of the molecule is CC(C)(C)c1ncc(-c2ccc(C(C)(C)C)c3cnoc23)[nH]1. The van der Waals surface area contributed by atoms with E-state index in [1.807, 2.05) is 6.20 Å². The molecule has 0 aliphatic rings. The molecule has 0 radical (unpaired) electrons. The number of rotatable bonds is 1. The van der Waals surface area contributed by atoms with Gasteiger partial charge in [-0.25, -0.2) is 4.98 Å². The van der Waals surface area contributed by atoms with Gasteiger partial charge in [-0.1, -0.05) is 52.8 Å². The lowest BCUT2D eigenvalue weighted by molar-refractivity contribution is 0.457. The number of imidazole rings is 1. The van der Waals surface area contributed by atoms with Gasteiger partial charge in [0.15, 0.2) is 5.58 Å². The van der Waals surface area contributed by atoms with Crippen molar-refractivity contribution < 1.29 is 4.52 Å². The number of fused-ring (bicyclic) bond motifs is 1. The zero-order chi connectivity index (χ0) is 16.1. The van der Waals surface area contributed by atoms with Gasteiger partial charge in [0.1, 0.15) is 5.82 Å². The molecule has 0 bridgehead atoms. The van der Waals surface area contributed by atoms with E-state index in [2.05, 4.69) is 68.8 Å². The van der Waals surface area contributed by atoms with Gasteiger partial charge in [0.05, 0.1) is 18.1 Å². The average Bonchev–Trinajstić information content (AvgIpc) is 3.04. The Balaban J connectivity index is 2.17. The molecule has 0 aliphatic carbocycles. The van der Waals surface area contributed by atoms with Crippen LogP contribution in [0.4, 0.5) is 0 Å². The molecule has 0 fully saturated rings. The van der Waals surface area contributed by atoms with Crippen LogP contribution in [0.1, 0.15) is 52.9 Å². The van der Waals surface area contributed by atoms with Crippen LogP contribution in [0.2, 0.25) is 0 Å². The van der Waals surface area contributed by atoms with E-state index in [4.69, 9.17) is 4.52 Å². The summed E-state index contributed by atoms with van der Waals surface area (Å²) in [5, 5.41) is 5.07. The van der Waals surface area contributed by atoms with Crippen molar-refractivity contribution in [1.29, 1.82) is 0 Å². The van der Waals surface area contributed by atoms with E-state index < -0.39 is 0 Å². The highest BCUT2D eigenvalue weighted by Gasteiger charge is 2.23. The molecule has 0 saturated carbocycles. The minimum Gasteiger partial charge on any atom is -0.356 e. The van der Waals surface area contributed by atoms with Crippen LogP contribution in [0, 0.1) is 0 Å². The fraction of sp³-hybridized carbons (Fsp3) is 0.444. The van der Waals surface area contributed by atoms with E-state index in [-0.39, 0.29) is 10.8 Å². The molecule has 0 aliphatic heterocycles. The molecule has 1 N–H and O–H groups in total. The topological polar surface area (TPSA) is 54.7 Å². The van der Waals surface area contributed by atoms with Gasteiger partial charge in [0.25, 0.3) is 0 Å². The van der Waals surface area contributed by atoms with Gasteiger partial charge in [0, 0.05) is 16.4 Å². The first-order valence-electron chi connectivity index (χ1n) is 7.61. The molecular formula is C18H23N3O. The lowest BCUT2D eigenvalue weighted by Gasteiger charge is -2.20. The minimum absolute atomic E-state index is 0.00979. The fourth-order valence-corrected chi connectivity index (χ4v) is 2.66. The van der Waals surface area contributed by atoms with Crippen LogP contribution >= 0.6 is 0 Å². The molecule has 3 aromatic rings. The summed E-state index contributed by atoms with van der Waals surface area (Å²) in [5.74, 6) is 0.968. The van der Waals surface area contributed by atoms with E-state index >= 15 is 0 Å². The third-order valence-corrected chi connectivity index (χ3v) is 3.91. The van der Waals surface area contributed by atoms with Gasteiger partial charge in [0.2, 0.25) is 0 Å². The highest BCUT2D eigenvalue weighted by atomic mass is 16.5. The number of H-pyrrole nitrogens is 1. The van der Waals surface area contributed by atoms with Crippen molar-refractivity contribution in [1.82, 2.24) is 15.1 Å². The lowest BCUT2D eigenvalue weighted by atomic mass is 9.84. The summed E-state index contributed by atoms with van der Waals surface area (Å²) in [4.78, 5) is 7.92. The molecular weight excluding hydrogens is 274 g/mol. The zero-order valence-corrected chi connectivity index (χ0v) is 14.1. The van der Waals surface area contributed by atoms with Crippen molar-refractivity contribution in [3.8, 4) is 11.3 Å². The summed E-state index contributed by atoms with van der Waals surface area (Å²) < 4.78 is 5.54. The van der Waals surface area contributed by atoms with Gasteiger partial charge in [-0.05, 0) is 17.0 Å². The highest BCUT2D eigenvalue weighted by Crippen LogP contribution is 2.35. The maximum absolute atomic E-state index is 5.54. The van der Waals surface area contributed by atoms with Crippen LogP contribution in [0.5, 0.6) is 0 Å². The van der Waals surface area contributed by atoms with E-state index in [0.29, 0.717) is 0 Å². The molecule has 116 valence electrons. The summed E-state index contributed by atoms with van der Waals surface area (Å²) in [5.41, 5.74) is 4.06. The molecule has 0 amide bonds. The van der Waals surface area contributed by atoms with E-state index in [9.17, 15) is 0 Å². The van der Waals surface area contributed by atoms with Crippen LogP contribution in [0.3, 0.4) is 0 Å². The number of nitrogens with zero attached hydrogens (tertiary/aromatic N) is 2.